The molecule has 0 saturated carbocycles. The van der Waals surface area contributed by atoms with E-state index < -0.39 is 17.7 Å². The highest BCUT2D eigenvalue weighted by molar-refractivity contribution is 7.99. The van der Waals surface area contributed by atoms with E-state index in [4.69, 9.17) is 17.0 Å². The monoisotopic (exact) mass is 454 g/mol. The fourth-order valence-electron chi connectivity index (χ4n) is 2.84. The first-order chi connectivity index (χ1) is 14.2. The van der Waals surface area contributed by atoms with Crippen molar-refractivity contribution >= 4 is 41.9 Å². The molecule has 1 unspecified atom stereocenters. The molecule has 0 aliphatic carbocycles. The number of alkyl carbamates (subject to hydrolysis) is 1. The maximum Gasteiger partial charge on any atom is 0.408 e. The Morgan fingerprint density at radius 1 is 1.30 bits per heavy atom. The Hall–Kier alpha value is -2.07. The Morgan fingerprint density at radius 3 is 2.67 bits per heavy atom. The van der Waals surface area contributed by atoms with Gasteiger partial charge in [0.1, 0.15) is 16.3 Å². The summed E-state index contributed by atoms with van der Waals surface area (Å²) < 4.78 is 5.87. The second-order valence-corrected chi connectivity index (χ2v) is 9.55. The maximum atomic E-state index is 12.8. The largest absolute Gasteiger partial charge is 0.444 e. The number of carbonyl (C=O) groups excluding carboxylic acids is 3. The van der Waals surface area contributed by atoms with Gasteiger partial charge in [0.2, 0.25) is 5.91 Å². The lowest BCUT2D eigenvalue weighted by Crippen LogP contribution is -2.49. The first-order valence-corrected chi connectivity index (χ1v) is 11.5. The van der Waals surface area contributed by atoms with Crippen LogP contribution < -0.4 is 10.6 Å². The van der Waals surface area contributed by atoms with Crippen molar-refractivity contribution in [3.05, 3.63) is 28.5 Å². The van der Waals surface area contributed by atoms with Gasteiger partial charge in [-0.25, -0.2) is 4.79 Å². The van der Waals surface area contributed by atoms with Gasteiger partial charge in [-0.3, -0.25) is 9.59 Å². The third-order valence-corrected chi connectivity index (χ3v) is 5.52. The molecule has 1 aromatic rings. The van der Waals surface area contributed by atoms with Gasteiger partial charge in [0.25, 0.3) is 5.91 Å². The summed E-state index contributed by atoms with van der Waals surface area (Å²) in [5.74, 6) is 1.27. The number of hydrogen-bond donors (Lipinski definition) is 3. The predicted octanol–water partition coefficient (Wildman–Crippen LogP) is 3.07. The highest BCUT2D eigenvalue weighted by Gasteiger charge is 2.29. The third-order valence-electron chi connectivity index (χ3n) is 4.30. The van der Waals surface area contributed by atoms with Crippen molar-refractivity contribution in [2.45, 2.75) is 51.7 Å². The highest BCUT2D eigenvalue weighted by atomic mass is 32.2. The number of nitrogens with zero attached hydrogens (tertiary/aromatic N) is 1. The maximum absolute atomic E-state index is 12.8. The van der Waals surface area contributed by atoms with Crippen molar-refractivity contribution in [3.63, 3.8) is 0 Å². The van der Waals surface area contributed by atoms with Gasteiger partial charge >= 0.3 is 6.09 Å². The number of ether oxygens (including phenoxy) is 1. The summed E-state index contributed by atoms with van der Waals surface area (Å²) in [7, 11) is 0. The van der Waals surface area contributed by atoms with Crippen LogP contribution in [0.25, 0.3) is 0 Å². The third kappa shape index (κ3) is 8.35. The number of H-pyrrole nitrogens is 1. The summed E-state index contributed by atoms with van der Waals surface area (Å²) in [6, 6.07) is 2.70. The zero-order valence-corrected chi connectivity index (χ0v) is 19.3. The molecule has 0 spiro atoms. The first-order valence-electron chi connectivity index (χ1n) is 9.99. The van der Waals surface area contributed by atoms with Crippen molar-refractivity contribution in [3.8, 4) is 0 Å². The molecule has 1 aromatic heterocycles. The molecule has 1 aliphatic heterocycles. The molecule has 3 amide bonds. The zero-order valence-electron chi connectivity index (χ0n) is 17.7. The van der Waals surface area contributed by atoms with Crippen molar-refractivity contribution in [1.29, 1.82) is 0 Å². The quantitative estimate of drug-likeness (QED) is 0.412. The van der Waals surface area contributed by atoms with Crippen molar-refractivity contribution in [2.75, 3.05) is 24.7 Å². The molecule has 30 heavy (non-hydrogen) atoms. The molecule has 0 aromatic carbocycles. The van der Waals surface area contributed by atoms with Gasteiger partial charge in [0.05, 0.1) is 11.4 Å². The van der Waals surface area contributed by atoms with Gasteiger partial charge in [-0.2, -0.15) is 0 Å². The van der Waals surface area contributed by atoms with Crippen LogP contribution in [0.1, 0.15) is 50.4 Å². The molecule has 166 valence electrons. The van der Waals surface area contributed by atoms with Crippen LogP contribution in [0.2, 0.25) is 0 Å². The number of carbonyl (C=O) groups is 3. The molecule has 1 aliphatic rings. The topological polar surface area (TPSA) is 104 Å². The van der Waals surface area contributed by atoms with Crippen LogP contribution in [0, 0.1) is 4.64 Å². The van der Waals surface area contributed by atoms with E-state index in [1.807, 2.05) is 0 Å². The number of pyridine rings is 1. The second kappa shape index (κ2) is 11.4. The Morgan fingerprint density at radius 2 is 2.07 bits per heavy atom. The molecule has 8 nitrogen and oxygen atoms in total. The fraction of sp³-hybridized carbons (Fsp3) is 0.600. The van der Waals surface area contributed by atoms with Crippen LogP contribution >= 0.6 is 24.0 Å². The minimum Gasteiger partial charge on any atom is -0.444 e. The highest BCUT2D eigenvalue weighted by Crippen LogP contribution is 2.16. The number of amides is 3. The minimum atomic E-state index is -0.636. The average Bonchev–Trinajstić information content (AvgIpc) is 3.20. The van der Waals surface area contributed by atoms with Crippen molar-refractivity contribution in [1.82, 2.24) is 20.5 Å². The lowest BCUT2D eigenvalue weighted by molar-refractivity contribution is -0.132. The van der Waals surface area contributed by atoms with E-state index in [2.05, 4.69) is 15.6 Å². The van der Waals surface area contributed by atoms with Crippen LogP contribution in [0.5, 0.6) is 0 Å². The molecule has 1 atom stereocenters. The second-order valence-electron chi connectivity index (χ2n) is 8.03. The minimum absolute atomic E-state index is 0.0885. The molecule has 10 heteroatoms. The van der Waals surface area contributed by atoms with E-state index in [1.54, 1.807) is 55.8 Å². The predicted molar refractivity (Wildman–Crippen MR) is 120 cm³/mol. The van der Waals surface area contributed by atoms with Gasteiger partial charge < -0.3 is 25.3 Å². The van der Waals surface area contributed by atoms with Crippen LogP contribution in [-0.2, 0) is 9.53 Å². The lowest BCUT2D eigenvalue weighted by Gasteiger charge is -2.26. The lowest BCUT2D eigenvalue weighted by atomic mass is 10.1. The van der Waals surface area contributed by atoms with Crippen LogP contribution in [0.3, 0.4) is 0 Å². The molecule has 0 radical (unpaired) electrons. The Balaban J connectivity index is 1.81. The fourth-order valence-corrected chi connectivity index (χ4v) is 3.93. The molecule has 0 bridgehead atoms. The summed E-state index contributed by atoms with van der Waals surface area (Å²) in [6.45, 7) is 6.50. The molecular weight excluding hydrogens is 424 g/mol. The Labute approximate surface area is 186 Å². The van der Waals surface area contributed by atoms with Gasteiger partial charge in [0.15, 0.2) is 0 Å². The van der Waals surface area contributed by atoms with Gasteiger partial charge in [-0.05, 0) is 52.2 Å². The van der Waals surface area contributed by atoms with E-state index in [9.17, 15) is 14.4 Å². The van der Waals surface area contributed by atoms with Crippen molar-refractivity contribution < 1.29 is 19.1 Å². The number of rotatable bonds is 8. The summed E-state index contributed by atoms with van der Waals surface area (Å²) in [4.78, 5) is 41.7. The normalized spacial score (nSPS) is 14.8. The average molecular weight is 455 g/mol. The van der Waals surface area contributed by atoms with Crippen molar-refractivity contribution in [2.24, 2.45) is 0 Å². The molecule has 3 N–H and O–H groups in total. The van der Waals surface area contributed by atoms with Crippen LogP contribution in [0.15, 0.2) is 18.3 Å². The molecule has 1 fully saturated rings. The first kappa shape index (κ1) is 24.2. The number of thioether (sulfide) groups is 1. The van der Waals surface area contributed by atoms with E-state index in [-0.39, 0.29) is 11.8 Å². The van der Waals surface area contributed by atoms with E-state index in [0.29, 0.717) is 48.4 Å². The van der Waals surface area contributed by atoms with Crippen LogP contribution in [0.4, 0.5) is 4.79 Å². The number of hydrogen-bond acceptors (Lipinski definition) is 6. The smallest absolute Gasteiger partial charge is 0.408 e. The van der Waals surface area contributed by atoms with Gasteiger partial charge in [0, 0.05) is 25.0 Å². The molecule has 2 heterocycles. The summed E-state index contributed by atoms with van der Waals surface area (Å²) in [5.41, 5.74) is -0.124. The summed E-state index contributed by atoms with van der Waals surface area (Å²) in [5, 5.41) is 5.56. The summed E-state index contributed by atoms with van der Waals surface area (Å²) >= 11 is 6.66. The van der Waals surface area contributed by atoms with Gasteiger partial charge in [-0.1, -0.05) is 12.2 Å². The standard InChI is InChI=1S/C20H30N4O4S2/c1-20(2,3)28-19(27)23-15(18(26)24-10-11-30-13-24)6-4-5-9-21-17(25)14-7-8-16(29)22-12-14/h7-8,12,15H,4-6,9-11,13H2,1-3H3,(H,21,25)(H,22,29)(H,23,27). The van der Waals surface area contributed by atoms with E-state index in [0.717, 1.165) is 5.75 Å². The molecular formula is C20H30N4O4S2. The molecule has 2 rings (SSSR count). The Bertz CT molecular complexity index is 780. The zero-order chi connectivity index (χ0) is 22.1. The van der Waals surface area contributed by atoms with E-state index in [1.165, 1.54) is 0 Å². The molecule has 1 saturated heterocycles. The number of nitrogens with one attached hydrogen (secondary N) is 3. The SMILES string of the molecule is CC(C)(C)OC(=O)NC(CCCCNC(=O)c1ccc(=S)[nH]c1)C(=O)N1CCSC1. The summed E-state index contributed by atoms with van der Waals surface area (Å²) in [6.07, 6.45) is 2.81. The number of unbranched alkanes of at least 4 members (excludes halogenated alkanes) is 1. The van der Waals surface area contributed by atoms with E-state index >= 15 is 0 Å². The number of aromatic nitrogens is 1. The Kier molecular flexibility index (Phi) is 9.16. The van der Waals surface area contributed by atoms with Crippen LogP contribution in [-0.4, -0.2) is 64.2 Å². The number of aromatic amines is 1. The van der Waals surface area contributed by atoms with Gasteiger partial charge in [-0.15, -0.1) is 11.8 Å².